The number of sulfonamides is 1. The predicted octanol–water partition coefficient (Wildman–Crippen LogP) is 2.78. The molecule has 25 heavy (non-hydrogen) atoms. The molecule has 2 aromatic rings. The van der Waals surface area contributed by atoms with E-state index in [1.54, 1.807) is 0 Å². The number of benzene rings is 2. The molecule has 0 heterocycles. The summed E-state index contributed by atoms with van der Waals surface area (Å²) in [6.07, 6.45) is 1.01. The Labute approximate surface area is 147 Å². The molecule has 0 bridgehead atoms. The first-order valence-corrected chi connectivity index (χ1v) is 9.61. The summed E-state index contributed by atoms with van der Waals surface area (Å²) >= 11 is 0. The Morgan fingerprint density at radius 3 is 2.20 bits per heavy atom. The highest BCUT2D eigenvalue weighted by Crippen LogP contribution is 2.18. The molecule has 7 heteroatoms. The van der Waals surface area contributed by atoms with Crippen LogP contribution >= 0.6 is 0 Å². The Morgan fingerprint density at radius 1 is 1.12 bits per heavy atom. The van der Waals surface area contributed by atoms with Crippen molar-refractivity contribution in [1.82, 2.24) is 5.32 Å². The molecule has 2 rings (SSSR count). The van der Waals surface area contributed by atoms with Gasteiger partial charge in [0.05, 0.1) is 18.0 Å². The summed E-state index contributed by atoms with van der Waals surface area (Å²) in [4.78, 5) is 12.3. The van der Waals surface area contributed by atoms with Gasteiger partial charge in [0.2, 0.25) is 15.9 Å². The summed E-state index contributed by atoms with van der Waals surface area (Å²) in [5.41, 5.74) is 2.27. The van der Waals surface area contributed by atoms with Crippen molar-refractivity contribution in [2.75, 3.05) is 17.1 Å². The van der Waals surface area contributed by atoms with E-state index in [1.807, 2.05) is 38.1 Å². The second-order valence-corrected chi connectivity index (χ2v) is 7.85. The molecule has 0 aliphatic rings. The number of carbonyl (C=O) groups excluding carboxylic acids is 1. The summed E-state index contributed by atoms with van der Waals surface area (Å²) in [6, 6.07) is 12.4. The monoisotopic (exact) mass is 364 g/mol. The summed E-state index contributed by atoms with van der Waals surface area (Å²) in [5, 5.41) is 2.78. The zero-order chi connectivity index (χ0) is 18.6. The molecule has 1 amide bonds. The third kappa shape index (κ3) is 5.29. The number of anilines is 1. The van der Waals surface area contributed by atoms with E-state index in [0.29, 0.717) is 0 Å². The number of halogens is 1. The second-order valence-electron chi connectivity index (χ2n) is 5.95. The van der Waals surface area contributed by atoms with E-state index in [0.717, 1.165) is 33.8 Å². The normalized spacial score (nSPS) is 12.5. The molecule has 0 saturated heterocycles. The van der Waals surface area contributed by atoms with Crippen molar-refractivity contribution in [3.05, 3.63) is 65.5 Å². The van der Waals surface area contributed by atoms with Gasteiger partial charge in [0.25, 0.3) is 0 Å². The van der Waals surface area contributed by atoms with Crippen LogP contribution in [0.15, 0.2) is 48.5 Å². The average molecular weight is 364 g/mol. The van der Waals surface area contributed by atoms with E-state index in [-0.39, 0.29) is 18.3 Å². The van der Waals surface area contributed by atoms with Gasteiger partial charge in [0, 0.05) is 0 Å². The predicted molar refractivity (Wildman–Crippen MR) is 96.3 cm³/mol. The highest BCUT2D eigenvalue weighted by atomic mass is 32.2. The van der Waals surface area contributed by atoms with Gasteiger partial charge in [0.15, 0.2) is 0 Å². The number of amides is 1. The fourth-order valence-corrected chi connectivity index (χ4v) is 3.22. The Morgan fingerprint density at radius 2 is 1.68 bits per heavy atom. The van der Waals surface area contributed by atoms with Gasteiger partial charge < -0.3 is 5.32 Å². The molecule has 0 saturated carbocycles. The van der Waals surface area contributed by atoms with Crippen LogP contribution in [0.3, 0.4) is 0 Å². The summed E-state index contributed by atoms with van der Waals surface area (Å²) < 4.78 is 38.0. The summed E-state index contributed by atoms with van der Waals surface area (Å²) in [5.74, 6) is -0.919. The molecule has 2 aromatic carbocycles. The first-order valence-electron chi connectivity index (χ1n) is 7.76. The van der Waals surface area contributed by atoms with Crippen LogP contribution in [0.1, 0.15) is 24.1 Å². The lowest BCUT2D eigenvalue weighted by atomic mass is 10.1. The Bertz CT molecular complexity index is 834. The molecule has 1 N–H and O–H groups in total. The number of nitrogens with one attached hydrogen (secondary N) is 1. The number of hydrogen-bond acceptors (Lipinski definition) is 3. The highest BCUT2D eigenvalue weighted by Gasteiger charge is 2.21. The van der Waals surface area contributed by atoms with E-state index in [1.165, 1.54) is 12.1 Å². The lowest BCUT2D eigenvalue weighted by molar-refractivity contribution is -0.120. The fraction of sp³-hybridized carbons (Fsp3) is 0.278. The van der Waals surface area contributed by atoms with Crippen molar-refractivity contribution in [3.8, 4) is 0 Å². The van der Waals surface area contributed by atoms with Crippen LogP contribution in [0.5, 0.6) is 0 Å². The van der Waals surface area contributed by atoms with Crippen molar-refractivity contribution in [2.45, 2.75) is 19.9 Å². The molecule has 0 aliphatic heterocycles. The number of aryl methyl sites for hydroxylation is 1. The maximum absolute atomic E-state index is 13.0. The standard InChI is InChI=1S/C18H21FN2O3S/c1-13-4-6-15(7-5-13)14(2)20-18(22)12-21(25(3,23)24)17-10-8-16(19)9-11-17/h4-11,14H,12H2,1-3H3,(H,20,22). The van der Waals surface area contributed by atoms with Crippen LogP contribution in [0, 0.1) is 12.7 Å². The van der Waals surface area contributed by atoms with Crippen molar-refractivity contribution in [3.63, 3.8) is 0 Å². The van der Waals surface area contributed by atoms with Crippen LogP contribution in [0.4, 0.5) is 10.1 Å². The summed E-state index contributed by atoms with van der Waals surface area (Å²) in [7, 11) is -3.68. The molecular formula is C18H21FN2O3S. The number of rotatable bonds is 6. The quantitative estimate of drug-likeness (QED) is 0.857. The molecule has 0 aliphatic carbocycles. The minimum absolute atomic E-state index is 0.238. The van der Waals surface area contributed by atoms with Crippen LogP contribution in [-0.2, 0) is 14.8 Å². The highest BCUT2D eigenvalue weighted by molar-refractivity contribution is 7.92. The minimum atomic E-state index is -3.68. The van der Waals surface area contributed by atoms with Gasteiger partial charge in [0.1, 0.15) is 12.4 Å². The zero-order valence-corrected chi connectivity index (χ0v) is 15.2. The molecule has 1 unspecified atom stereocenters. The van der Waals surface area contributed by atoms with Crippen molar-refractivity contribution < 1.29 is 17.6 Å². The molecule has 1 atom stereocenters. The molecule has 0 radical (unpaired) electrons. The van der Waals surface area contributed by atoms with E-state index in [2.05, 4.69) is 5.32 Å². The average Bonchev–Trinajstić information content (AvgIpc) is 2.53. The second kappa shape index (κ2) is 7.65. The third-order valence-corrected chi connectivity index (χ3v) is 4.90. The summed E-state index contributed by atoms with van der Waals surface area (Å²) in [6.45, 7) is 3.42. The first-order chi connectivity index (χ1) is 11.7. The maximum Gasteiger partial charge on any atom is 0.241 e. The Kier molecular flexibility index (Phi) is 5.79. The van der Waals surface area contributed by atoms with Crippen LogP contribution in [0.25, 0.3) is 0 Å². The Hall–Kier alpha value is -2.41. The van der Waals surface area contributed by atoms with E-state index in [9.17, 15) is 17.6 Å². The maximum atomic E-state index is 13.0. The molecule has 0 aromatic heterocycles. The van der Waals surface area contributed by atoms with Crippen LogP contribution < -0.4 is 9.62 Å². The third-order valence-electron chi connectivity index (χ3n) is 3.76. The zero-order valence-electron chi connectivity index (χ0n) is 14.4. The smallest absolute Gasteiger partial charge is 0.241 e. The van der Waals surface area contributed by atoms with Crippen molar-refractivity contribution >= 4 is 21.6 Å². The molecule has 134 valence electrons. The fourth-order valence-electron chi connectivity index (χ4n) is 2.36. The van der Waals surface area contributed by atoms with Crippen LogP contribution in [-0.4, -0.2) is 27.1 Å². The first kappa shape index (κ1) is 18.9. The van der Waals surface area contributed by atoms with Gasteiger partial charge in [-0.2, -0.15) is 0 Å². The number of nitrogens with zero attached hydrogens (tertiary/aromatic N) is 1. The van der Waals surface area contributed by atoms with Crippen molar-refractivity contribution in [2.24, 2.45) is 0 Å². The molecule has 5 nitrogen and oxygen atoms in total. The number of hydrogen-bond donors (Lipinski definition) is 1. The molecule has 0 fully saturated rings. The SMILES string of the molecule is Cc1ccc(C(C)NC(=O)CN(c2ccc(F)cc2)S(C)(=O)=O)cc1. The van der Waals surface area contributed by atoms with Gasteiger partial charge in [-0.3, -0.25) is 9.10 Å². The van der Waals surface area contributed by atoms with E-state index in [4.69, 9.17) is 0 Å². The lowest BCUT2D eigenvalue weighted by Crippen LogP contribution is -2.41. The van der Waals surface area contributed by atoms with Gasteiger partial charge >= 0.3 is 0 Å². The van der Waals surface area contributed by atoms with Gasteiger partial charge in [-0.05, 0) is 43.7 Å². The van der Waals surface area contributed by atoms with Gasteiger partial charge in [-0.1, -0.05) is 29.8 Å². The largest absolute Gasteiger partial charge is 0.348 e. The van der Waals surface area contributed by atoms with E-state index >= 15 is 0 Å². The minimum Gasteiger partial charge on any atom is -0.348 e. The lowest BCUT2D eigenvalue weighted by Gasteiger charge is -2.23. The molecular weight excluding hydrogens is 343 g/mol. The van der Waals surface area contributed by atoms with Gasteiger partial charge in [-0.15, -0.1) is 0 Å². The number of carbonyl (C=O) groups is 1. The topological polar surface area (TPSA) is 66.5 Å². The van der Waals surface area contributed by atoms with E-state index < -0.39 is 21.7 Å². The Balaban J connectivity index is 2.12. The van der Waals surface area contributed by atoms with Gasteiger partial charge in [-0.25, -0.2) is 12.8 Å². The van der Waals surface area contributed by atoms with Crippen LogP contribution in [0.2, 0.25) is 0 Å². The van der Waals surface area contributed by atoms with Crippen molar-refractivity contribution in [1.29, 1.82) is 0 Å². The molecule has 0 spiro atoms.